The van der Waals surface area contributed by atoms with Crippen LogP contribution in [0.15, 0.2) is 0 Å². The molecule has 0 bridgehead atoms. The zero-order chi connectivity index (χ0) is 40.1. The van der Waals surface area contributed by atoms with Crippen molar-refractivity contribution in [3.05, 3.63) is 0 Å². The molecular formula is C41H68O14. The smallest absolute Gasteiger partial charge is 0.186 e. The van der Waals surface area contributed by atoms with Gasteiger partial charge in [-0.3, -0.25) is 0 Å². The predicted octanol–water partition coefficient (Wildman–Crippen LogP) is 0.724. The number of fused-ring (bicyclic) bond motifs is 2. The molecule has 5 saturated carbocycles. The van der Waals surface area contributed by atoms with Gasteiger partial charge in [0.1, 0.15) is 42.7 Å². The highest BCUT2D eigenvalue weighted by atomic mass is 16.7. The Labute approximate surface area is 324 Å². The van der Waals surface area contributed by atoms with Gasteiger partial charge < -0.3 is 69.6 Å². The van der Waals surface area contributed by atoms with Crippen LogP contribution in [0.25, 0.3) is 0 Å². The van der Waals surface area contributed by atoms with Gasteiger partial charge in [-0.05, 0) is 117 Å². The highest BCUT2D eigenvalue weighted by Gasteiger charge is 2.85. The third-order valence-electron chi connectivity index (χ3n) is 17.6. The van der Waals surface area contributed by atoms with Gasteiger partial charge in [-0.1, -0.05) is 27.7 Å². The van der Waals surface area contributed by atoms with E-state index in [4.69, 9.17) is 23.7 Å². The summed E-state index contributed by atoms with van der Waals surface area (Å²) in [6.07, 6.45) is -7.48. The molecule has 8 rings (SSSR count). The maximum absolute atomic E-state index is 12.2. The lowest BCUT2D eigenvalue weighted by Gasteiger charge is -2.65. The molecule has 0 aromatic carbocycles. The largest absolute Gasteiger partial charge is 0.394 e. The van der Waals surface area contributed by atoms with E-state index in [9.17, 15) is 46.0 Å². The lowest BCUT2D eigenvalue weighted by atomic mass is 9.41. The molecule has 8 fully saturated rings. The summed E-state index contributed by atoms with van der Waals surface area (Å²) in [6, 6.07) is 0. The monoisotopic (exact) mass is 784 g/mol. The van der Waals surface area contributed by atoms with Crippen LogP contribution in [0.3, 0.4) is 0 Å². The fourth-order valence-corrected chi connectivity index (χ4v) is 14.9. The van der Waals surface area contributed by atoms with Crippen LogP contribution < -0.4 is 0 Å². The van der Waals surface area contributed by atoms with E-state index in [1.807, 2.05) is 0 Å². The Balaban J connectivity index is 1.15. The van der Waals surface area contributed by atoms with Crippen LogP contribution >= 0.6 is 0 Å². The summed E-state index contributed by atoms with van der Waals surface area (Å²) in [6.45, 7) is 13.8. The second kappa shape index (κ2) is 13.2. The van der Waals surface area contributed by atoms with Crippen molar-refractivity contribution in [2.45, 2.75) is 197 Å². The summed E-state index contributed by atoms with van der Waals surface area (Å²) in [5.74, 6) is -0.215. The van der Waals surface area contributed by atoms with E-state index in [0.717, 1.165) is 32.1 Å². The minimum atomic E-state index is -1.60. The van der Waals surface area contributed by atoms with E-state index < -0.39 is 96.8 Å². The normalized spacial score (nSPS) is 58.7. The van der Waals surface area contributed by atoms with Crippen LogP contribution in [0.4, 0.5) is 0 Å². The van der Waals surface area contributed by atoms with Crippen LogP contribution in [-0.2, 0) is 23.7 Å². The summed E-state index contributed by atoms with van der Waals surface area (Å²) in [7, 11) is 0. The van der Waals surface area contributed by atoms with Crippen LogP contribution in [0.2, 0.25) is 0 Å². The molecular weight excluding hydrogens is 716 g/mol. The molecule has 0 amide bonds. The molecule has 2 spiro atoms. The molecule has 3 aliphatic heterocycles. The molecule has 9 N–H and O–H groups in total. The van der Waals surface area contributed by atoms with Crippen molar-refractivity contribution < 1.29 is 69.6 Å². The van der Waals surface area contributed by atoms with Gasteiger partial charge in [-0.2, -0.15) is 0 Å². The zero-order valence-electron chi connectivity index (χ0n) is 33.6. The van der Waals surface area contributed by atoms with Crippen molar-refractivity contribution in [1.82, 2.24) is 0 Å². The van der Waals surface area contributed by atoms with Crippen molar-refractivity contribution >= 4 is 0 Å². The Bertz CT molecular complexity index is 1460. The van der Waals surface area contributed by atoms with Gasteiger partial charge in [0, 0.05) is 5.92 Å². The molecule has 3 saturated heterocycles. The number of hydrogen-bond acceptors (Lipinski definition) is 14. The maximum atomic E-state index is 12.2. The Morgan fingerprint density at radius 2 is 1.40 bits per heavy atom. The third kappa shape index (κ3) is 5.70. The first-order chi connectivity index (χ1) is 25.5. The van der Waals surface area contributed by atoms with Crippen LogP contribution in [0.5, 0.6) is 0 Å². The van der Waals surface area contributed by atoms with Gasteiger partial charge in [0.05, 0.1) is 48.8 Å². The quantitative estimate of drug-likeness (QED) is 0.162. The Morgan fingerprint density at radius 3 is 2.05 bits per heavy atom. The Kier molecular flexibility index (Phi) is 9.90. The molecule has 3 heterocycles. The minimum absolute atomic E-state index is 0.0633. The highest BCUT2D eigenvalue weighted by Crippen LogP contribution is 2.89. The standard InChI is InChI=1S/C41H68O14/c1-35(2)24(54-33-29(48)26(45)20(44)17-51-33)9-11-41-18-40(41)13-12-37(5)31(39(7)10-8-25(55-39)36(3,4)50)19(43)15-38(37,6)23(40)14-21(32(35)41)52-34-30(49)28(47)27(46)22(16-42)53-34/h19-34,42-50H,8-18H2,1-7H3/t19?,20?,21?,22?,23-,24?,25?,26?,27?,28?,29?,30?,31+,32-,33?,34?,37-,38+,39+,40+,41-/m1/s1. The van der Waals surface area contributed by atoms with Crippen molar-refractivity contribution in [2.75, 3.05) is 13.2 Å². The van der Waals surface area contributed by atoms with Crippen LogP contribution in [0.1, 0.15) is 106 Å². The van der Waals surface area contributed by atoms with Gasteiger partial charge in [-0.15, -0.1) is 0 Å². The van der Waals surface area contributed by atoms with Crippen LogP contribution in [-0.4, -0.2) is 150 Å². The van der Waals surface area contributed by atoms with Crippen molar-refractivity contribution in [3.63, 3.8) is 0 Å². The predicted molar refractivity (Wildman–Crippen MR) is 194 cm³/mol. The van der Waals surface area contributed by atoms with Crippen molar-refractivity contribution in [2.24, 2.45) is 44.8 Å². The average Bonchev–Trinajstić information content (AvgIpc) is 3.47. The second-order valence-electron chi connectivity index (χ2n) is 21.1. The maximum Gasteiger partial charge on any atom is 0.186 e. The van der Waals surface area contributed by atoms with E-state index in [2.05, 4.69) is 34.6 Å². The van der Waals surface area contributed by atoms with Crippen molar-refractivity contribution in [1.29, 1.82) is 0 Å². The first-order valence-electron chi connectivity index (χ1n) is 20.9. The minimum Gasteiger partial charge on any atom is -0.394 e. The van der Waals surface area contributed by atoms with Gasteiger partial charge in [0.2, 0.25) is 0 Å². The van der Waals surface area contributed by atoms with Gasteiger partial charge in [0.15, 0.2) is 12.6 Å². The molecule has 13 unspecified atom stereocenters. The number of rotatable bonds is 7. The SMILES string of the molecule is CC(C)(O)C1CC[C@@](C)([C@H]2C(O)C[C@@]3(C)[C@H]4CC(OC5OC(CO)C(O)C(O)C5O)[C@@H]5C(C)(C)C(OC6OCC(O)C(O)C6O)CC[C@@]56C[C@@]46CC[C@]23C)O1. The fraction of sp³-hybridized carbons (Fsp3) is 1.00. The Morgan fingerprint density at radius 1 is 0.709 bits per heavy atom. The van der Waals surface area contributed by atoms with Crippen molar-refractivity contribution in [3.8, 4) is 0 Å². The van der Waals surface area contributed by atoms with E-state index in [1.165, 1.54) is 0 Å². The molecule has 8 aliphatic rings. The summed E-state index contributed by atoms with van der Waals surface area (Å²) < 4.78 is 31.9. The zero-order valence-corrected chi connectivity index (χ0v) is 33.6. The summed E-state index contributed by atoms with van der Waals surface area (Å²) in [5, 5.41) is 97.2. The van der Waals surface area contributed by atoms with Crippen LogP contribution in [0, 0.1) is 44.8 Å². The van der Waals surface area contributed by atoms with Gasteiger partial charge in [-0.25, -0.2) is 0 Å². The first kappa shape index (κ1) is 41.2. The molecule has 21 atom stereocenters. The average molecular weight is 785 g/mol. The number of hydrogen-bond donors (Lipinski definition) is 9. The van der Waals surface area contributed by atoms with Gasteiger partial charge in [0.25, 0.3) is 0 Å². The number of aliphatic hydroxyl groups excluding tert-OH is 8. The molecule has 14 nitrogen and oxygen atoms in total. The Hall–Kier alpha value is -0.560. The fourth-order valence-electron chi connectivity index (χ4n) is 14.9. The molecule has 14 heteroatoms. The molecule has 0 aromatic heterocycles. The summed E-state index contributed by atoms with van der Waals surface area (Å²) in [4.78, 5) is 0. The second-order valence-corrected chi connectivity index (χ2v) is 21.1. The molecule has 316 valence electrons. The number of aliphatic hydroxyl groups is 9. The topological polar surface area (TPSA) is 228 Å². The summed E-state index contributed by atoms with van der Waals surface area (Å²) in [5.41, 5.74) is -3.16. The molecule has 55 heavy (non-hydrogen) atoms. The number of ether oxygens (including phenoxy) is 5. The van der Waals surface area contributed by atoms with Gasteiger partial charge >= 0.3 is 0 Å². The first-order valence-corrected chi connectivity index (χ1v) is 20.9. The lowest BCUT2D eigenvalue weighted by molar-refractivity contribution is -0.339. The summed E-state index contributed by atoms with van der Waals surface area (Å²) >= 11 is 0. The lowest BCUT2D eigenvalue weighted by Crippen LogP contribution is -2.65. The molecule has 0 radical (unpaired) electrons. The molecule has 0 aromatic rings. The van der Waals surface area contributed by atoms with E-state index in [0.29, 0.717) is 25.7 Å². The van der Waals surface area contributed by atoms with E-state index in [-0.39, 0.29) is 52.1 Å². The van der Waals surface area contributed by atoms with E-state index in [1.54, 1.807) is 13.8 Å². The highest BCUT2D eigenvalue weighted by molar-refractivity contribution is 5.33. The van der Waals surface area contributed by atoms with E-state index >= 15 is 0 Å². The molecule has 5 aliphatic carbocycles. The third-order valence-corrected chi connectivity index (χ3v) is 17.6.